The maximum absolute atomic E-state index is 11.4. The minimum Gasteiger partial charge on any atom is -0.465 e. The Kier molecular flexibility index (Phi) is 2.92. The molecular weight excluding hydrogens is 208 g/mol. The molecule has 1 aliphatic rings. The van der Waals surface area contributed by atoms with Gasteiger partial charge >= 0.3 is 5.97 Å². The van der Waals surface area contributed by atoms with Gasteiger partial charge in [-0.1, -0.05) is 42.1 Å². The third-order valence-electron chi connectivity index (χ3n) is 2.05. The van der Waals surface area contributed by atoms with Crippen molar-refractivity contribution in [2.45, 2.75) is 4.90 Å². The van der Waals surface area contributed by atoms with E-state index in [2.05, 4.69) is 0 Å². The summed E-state index contributed by atoms with van der Waals surface area (Å²) in [4.78, 5) is 13.1. The van der Waals surface area contributed by atoms with E-state index in [0.29, 0.717) is 4.91 Å². The van der Waals surface area contributed by atoms with E-state index in [4.69, 9.17) is 4.74 Å². The molecule has 2 nitrogen and oxygen atoms in total. The third-order valence-corrected chi connectivity index (χ3v) is 3.16. The van der Waals surface area contributed by atoms with Gasteiger partial charge < -0.3 is 4.74 Å². The first-order valence-corrected chi connectivity index (χ1v) is 5.36. The van der Waals surface area contributed by atoms with Crippen molar-refractivity contribution in [3.05, 3.63) is 46.9 Å². The maximum Gasteiger partial charge on any atom is 0.344 e. The van der Waals surface area contributed by atoms with Crippen LogP contribution in [0.15, 0.2) is 46.2 Å². The highest BCUT2D eigenvalue weighted by molar-refractivity contribution is 8.04. The summed E-state index contributed by atoms with van der Waals surface area (Å²) in [5.74, 6) is -0.290. The highest BCUT2D eigenvalue weighted by atomic mass is 32.2. The number of methoxy groups -OCH3 is 1. The van der Waals surface area contributed by atoms with Crippen LogP contribution in [0.5, 0.6) is 0 Å². The van der Waals surface area contributed by atoms with Crippen molar-refractivity contribution in [3.63, 3.8) is 0 Å². The lowest BCUT2D eigenvalue weighted by molar-refractivity contribution is -0.135. The molecule has 0 aliphatic carbocycles. The Hall–Kier alpha value is -1.48. The van der Waals surface area contributed by atoms with E-state index in [9.17, 15) is 4.79 Å². The van der Waals surface area contributed by atoms with Crippen LogP contribution in [0, 0.1) is 0 Å². The van der Waals surface area contributed by atoms with E-state index in [1.54, 1.807) is 6.08 Å². The first kappa shape index (κ1) is 10.1. The van der Waals surface area contributed by atoms with Crippen molar-refractivity contribution in [2.75, 3.05) is 7.11 Å². The molecule has 1 aromatic rings. The van der Waals surface area contributed by atoms with Crippen LogP contribution in [0.3, 0.4) is 0 Å². The average molecular weight is 218 g/mol. The number of fused-ring (bicyclic) bond motifs is 1. The minimum atomic E-state index is -0.290. The van der Waals surface area contributed by atoms with Gasteiger partial charge in [0.25, 0.3) is 0 Å². The third kappa shape index (κ3) is 2.13. The maximum atomic E-state index is 11.4. The summed E-state index contributed by atoms with van der Waals surface area (Å²) >= 11 is 1.43. The molecule has 0 N–H and O–H groups in total. The molecule has 0 bridgehead atoms. The monoisotopic (exact) mass is 218 g/mol. The van der Waals surface area contributed by atoms with Crippen LogP contribution in [-0.4, -0.2) is 13.1 Å². The van der Waals surface area contributed by atoms with Crippen molar-refractivity contribution >= 4 is 23.8 Å². The molecule has 3 heteroatoms. The molecule has 0 spiro atoms. The smallest absolute Gasteiger partial charge is 0.344 e. The van der Waals surface area contributed by atoms with E-state index in [1.807, 2.05) is 36.4 Å². The minimum absolute atomic E-state index is 0.290. The van der Waals surface area contributed by atoms with Crippen LogP contribution in [-0.2, 0) is 9.53 Å². The van der Waals surface area contributed by atoms with E-state index in [-0.39, 0.29) is 5.97 Å². The van der Waals surface area contributed by atoms with Gasteiger partial charge in [-0.25, -0.2) is 4.79 Å². The number of hydrogen-bond donors (Lipinski definition) is 0. The van der Waals surface area contributed by atoms with Crippen LogP contribution < -0.4 is 0 Å². The standard InChI is InChI=1S/C12H10O2S/c1-14-12(13)11-8-4-6-9-5-2-3-7-10(9)15-11/h2-8H,1H3. The highest BCUT2D eigenvalue weighted by Gasteiger charge is 2.13. The summed E-state index contributed by atoms with van der Waals surface area (Å²) in [6.45, 7) is 0. The second-order valence-electron chi connectivity index (χ2n) is 3.02. The Morgan fingerprint density at radius 3 is 2.93 bits per heavy atom. The van der Waals surface area contributed by atoms with Gasteiger partial charge in [0.2, 0.25) is 0 Å². The Balaban J connectivity index is 2.35. The fourth-order valence-corrected chi connectivity index (χ4v) is 2.26. The van der Waals surface area contributed by atoms with Crippen LogP contribution in [0.2, 0.25) is 0 Å². The Morgan fingerprint density at radius 1 is 1.33 bits per heavy atom. The first-order chi connectivity index (χ1) is 7.31. The molecule has 0 unspecified atom stereocenters. The fourth-order valence-electron chi connectivity index (χ4n) is 1.31. The SMILES string of the molecule is COC(=O)C1=CC=Cc2ccccc2S1. The predicted molar refractivity (Wildman–Crippen MR) is 61.4 cm³/mol. The van der Waals surface area contributed by atoms with Crippen molar-refractivity contribution in [2.24, 2.45) is 0 Å². The molecule has 0 atom stereocenters. The first-order valence-electron chi connectivity index (χ1n) is 4.55. The number of carbonyl (C=O) groups is 1. The lowest BCUT2D eigenvalue weighted by Gasteiger charge is -2.04. The van der Waals surface area contributed by atoms with Crippen molar-refractivity contribution in [1.82, 2.24) is 0 Å². The number of carbonyl (C=O) groups excluding carboxylic acids is 1. The van der Waals surface area contributed by atoms with Gasteiger partial charge in [0.15, 0.2) is 0 Å². The van der Waals surface area contributed by atoms with Gasteiger partial charge in [-0.05, 0) is 17.7 Å². The molecular formula is C12H10O2S. The zero-order valence-electron chi connectivity index (χ0n) is 8.27. The fraction of sp³-hybridized carbons (Fsp3) is 0.0833. The van der Waals surface area contributed by atoms with Gasteiger partial charge in [0.05, 0.1) is 12.0 Å². The van der Waals surface area contributed by atoms with E-state index in [1.165, 1.54) is 18.9 Å². The molecule has 0 fully saturated rings. The molecule has 0 radical (unpaired) electrons. The number of hydrogen-bond acceptors (Lipinski definition) is 3. The van der Waals surface area contributed by atoms with Crippen LogP contribution in [0.1, 0.15) is 5.56 Å². The molecule has 0 saturated carbocycles. The zero-order chi connectivity index (χ0) is 10.7. The molecule has 1 heterocycles. The average Bonchev–Trinajstić information content (AvgIpc) is 2.49. The van der Waals surface area contributed by atoms with E-state index >= 15 is 0 Å². The number of esters is 1. The lowest BCUT2D eigenvalue weighted by atomic mass is 10.2. The van der Waals surface area contributed by atoms with Gasteiger partial charge in [-0.3, -0.25) is 0 Å². The summed E-state index contributed by atoms with van der Waals surface area (Å²) < 4.78 is 4.70. The quantitative estimate of drug-likeness (QED) is 0.678. The highest BCUT2D eigenvalue weighted by Crippen LogP contribution is 2.33. The number of ether oxygens (including phenoxy) is 1. The van der Waals surface area contributed by atoms with E-state index in [0.717, 1.165) is 10.5 Å². The predicted octanol–water partition coefficient (Wildman–Crippen LogP) is 2.86. The number of thioether (sulfide) groups is 1. The van der Waals surface area contributed by atoms with Crippen LogP contribution in [0.4, 0.5) is 0 Å². The van der Waals surface area contributed by atoms with Gasteiger partial charge in [-0.15, -0.1) is 0 Å². The van der Waals surface area contributed by atoms with Crippen LogP contribution >= 0.6 is 11.8 Å². The zero-order valence-corrected chi connectivity index (χ0v) is 9.08. The summed E-state index contributed by atoms with van der Waals surface area (Å²) in [6.07, 6.45) is 5.62. The molecule has 1 aliphatic heterocycles. The lowest BCUT2D eigenvalue weighted by Crippen LogP contribution is -2.01. The molecule has 0 aromatic heterocycles. The van der Waals surface area contributed by atoms with Crippen molar-refractivity contribution < 1.29 is 9.53 Å². The van der Waals surface area contributed by atoms with Crippen molar-refractivity contribution in [1.29, 1.82) is 0 Å². The number of benzene rings is 1. The number of allylic oxidation sites excluding steroid dienone is 2. The largest absolute Gasteiger partial charge is 0.465 e. The van der Waals surface area contributed by atoms with Gasteiger partial charge in [0, 0.05) is 4.90 Å². The summed E-state index contributed by atoms with van der Waals surface area (Å²) in [5.41, 5.74) is 1.12. The number of rotatable bonds is 1. The molecule has 0 amide bonds. The molecule has 15 heavy (non-hydrogen) atoms. The summed E-state index contributed by atoms with van der Waals surface area (Å²) in [6, 6.07) is 7.95. The second-order valence-corrected chi connectivity index (χ2v) is 4.11. The Bertz CT molecular complexity index is 447. The summed E-state index contributed by atoms with van der Waals surface area (Å²) in [5, 5.41) is 0. The Labute approximate surface area is 92.6 Å². The van der Waals surface area contributed by atoms with Crippen molar-refractivity contribution in [3.8, 4) is 0 Å². The van der Waals surface area contributed by atoms with Gasteiger partial charge in [-0.2, -0.15) is 0 Å². The normalized spacial score (nSPS) is 13.8. The summed E-state index contributed by atoms with van der Waals surface area (Å²) in [7, 11) is 1.39. The second kappa shape index (κ2) is 4.36. The Morgan fingerprint density at radius 2 is 2.13 bits per heavy atom. The molecule has 76 valence electrons. The van der Waals surface area contributed by atoms with Crippen LogP contribution in [0.25, 0.3) is 6.08 Å². The van der Waals surface area contributed by atoms with Gasteiger partial charge in [0.1, 0.15) is 0 Å². The molecule has 2 rings (SSSR count). The topological polar surface area (TPSA) is 26.3 Å². The van der Waals surface area contributed by atoms with E-state index < -0.39 is 0 Å². The molecule has 0 saturated heterocycles. The molecule has 1 aromatic carbocycles.